The van der Waals surface area contributed by atoms with E-state index in [0.717, 1.165) is 11.1 Å². The quantitative estimate of drug-likeness (QED) is 0.528. The molecular formula is C22H28N2O3. The number of primary amides is 1. The van der Waals surface area contributed by atoms with Crippen LogP contribution in [0.2, 0.25) is 0 Å². The number of nitrogens with zero attached hydrogens (tertiary/aromatic N) is 1. The van der Waals surface area contributed by atoms with E-state index in [2.05, 4.69) is 0 Å². The molecule has 0 aliphatic carbocycles. The summed E-state index contributed by atoms with van der Waals surface area (Å²) in [5, 5.41) is 10.3. The second-order valence-corrected chi connectivity index (χ2v) is 5.43. The van der Waals surface area contributed by atoms with Gasteiger partial charge in [-0.25, -0.2) is 0 Å². The number of hydrogen-bond donors (Lipinski definition) is 2. The molecule has 3 aromatic rings. The molecule has 5 heteroatoms. The SMILES string of the molecule is CC.CC.Cc1c(C(=O)C(N)=O)c2cc(O)ccc2n1Cc1ccccc1. The van der Waals surface area contributed by atoms with Crippen LogP contribution in [-0.4, -0.2) is 21.4 Å². The number of carbonyl (C=O) groups excluding carboxylic acids is 2. The zero-order chi connectivity index (χ0) is 20.6. The zero-order valence-corrected chi connectivity index (χ0v) is 16.6. The summed E-state index contributed by atoms with van der Waals surface area (Å²) in [4.78, 5) is 23.5. The Balaban J connectivity index is 0.000000855. The molecule has 0 aliphatic rings. The molecule has 0 unspecified atom stereocenters. The van der Waals surface area contributed by atoms with Gasteiger partial charge in [-0.2, -0.15) is 0 Å². The van der Waals surface area contributed by atoms with E-state index in [-0.39, 0.29) is 11.3 Å². The second kappa shape index (κ2) is 10.2. The minimum atomic E-state index is -1.00. The third-order valence-corrected chi connectivity index (χ3v) is 3.94. The smallest absolute Gasteiger partial charge is 0.289 e. The minimum Gasteiger partial charge on any atom is -0.508 e. The summed E-state index contributed by atoms with van der Waals surface area (Å²) in [6, 6.07) is 14.6. The summed E-state index contributed by atoms with van der Waals surface area (Å²) in [5.74, 6) is -1.71. The number of ketones is 1. The normalized spacial score (nSPS) is 9.67. The van der Waals surface area contributed by atoms with Crippen LogP contribution in [0.15, 0.2) is 48.5 Å². The first-order valence-corrected chi connectivity index (χ1v) is 9.19. The number of aromatic hydroxyl groups is 1. The maximum absolute atomic E-state index is 12.2. The Kier molecular flexibility index (Phi) is 8.27. The fraction of sp³-hybridized carbons (Fsp3) is 0.273. The number of hydrogen-bond acceptors (Lipinski definition) is 3. The molecule has 144 valence electrons. The van der Waals surface area contributed by atoms with Crippen molar-refractivity contribution < 1.29 is 14.7 Å². The Hall–Kier alpha value is -3.08. The van der Waals surface area contributed by atoms with Crippen LogP contribution >= 0.6 is 0 Å². The Morgan fingerprint density at radius 3 is 2.15 bits per heavy atom. The third kappa shape index (κ3) is 4.76. The van der Waals surface area contributed by atoms with Crippen molar-refractivity contribution in [1.82, 2.24) is 4.57 Å². The van der Waals surface area contributed by atoms with E-state index >= 15 is 0 Å². The van der Waals surface area contributed by atoms with Gasteiger partial charge in [0.1, 0.15) is 5.75 Å². The van der Waals surface area contributed by atoms with Crippen molar-refractivity contribution in [3.05, 3.63) is 65.4 Å². The molecule has 1 amide bonds. The zero-order valence-electron chi connectivity index (χ0n) is 16.6. The summed E-state index contributed by atoms with van der Waals surface area (Å²) >= 11 is 0. The van der Waals surface area contributed by atoms with Gasteiger partial charge in [-0.15, -0.1) is 0 Å². The second-order valence-electron chi connectivity index (χ2n) is 5.43. The van der Waals surface area contributed by atoms with Crippen LogP contribution in [0, 0.1) is 6.92 Å². The van der Waals surface area contributed by atoms with Crippen LogP contribution in [0.25, 0.3) is 10.9 Å². The van der Waals surface area contributed by atoms with E-state index in [1.807, 2.05) is 62.6 Å². The van der Waals surface area contributed by atoms with E-state index in [4.69, 9.17) is 5.73 Å². The molecule has 1 aromatic heterocycles. The number of fused-ring (bicyclic) bond motifs is 1. The van der Waals surface area contributed by atoms with Crippen molar-refractivity contribution in [2.45, 2.75) is 41.2 Å². The van der Waals surface area contributed by atoms with E-state index in [1.54, 1.807) is 19.1 Å². The maximum Gasteiger partial charge on any atom is 0.289 e. The van der Waals surface area contributed by atoms with Crippen LogP contribution in [0.5, 0.6) is 5.75 Å². The van der Waals surface area contributed by atoms with Crippen LogP contribution in [-0.2, 0) is 11.3 Å². The summed E-state index contributed by atoms with van der Waals surface area (Å²) in [6.45, 7) is 10.3. The molecule has 0 aliphatic heterocycles. The van der Waals surface area contributed by atoms with Gasteiger partial charge in [0.25, 0.3) is 11.7 Å². The number of phenols is 1. The first-order chi connectivity index (χ1) is 13.0. The molecule has 27 heavy (non-hydrogen) atoms. The average molecular weight is 368 g/mol. The molecule has 2 aromatic carbocycles. The highest BCUT2D eigenvalue weighted by molar-refractivity contribution is 6.44. The fourth-order valence-electron chi connectivity index (χ4n) is 2.85. The number of benzene rings is 2. The summed E-state index contributed by atoms with van der Waals surface area (Å²) in [6.07, 6.45) is 0. The van der Waals surface area contributed by atoms with Crippen LogP contribution in [0.1, 0.15) is 49.3 Å². The van der Waals surface area contributed by atoms with Gasteiger partial charge >= 0.3 is 0 Å². The number of nitrogens with two attached hydrogens (primary N) is 1. The molecule has 0 saturated heterocycles. The van der Waals surface area contributed by atoms with Gasteiger partial charge in [0.05, 0.1) is 5.56 Å². The maximum atomic E-state index is 12.2. The highest BCUT2D eigenvalue weighted by Gasteiger charge is 2.23. The van der Waals surface area contributed by atoms with E-state index in [0.29, 0.717) is 17.6 Å². The Labute approximate surface area is 160 Å². The molecule has 0 saturated carbocycles. The van der Waals surface area contributed by atoms with Gasteiger partial charge in [0, 0.05) is 23.1 Å². The number of carbonyl (C=O) groups is 2. The minimum absolute atomic E-state index is 0.0351. The highest BCUT2D eigenvalue weighted by atomic mass is 16.3. The van der Waals surface area contributed by atoms with E-state index < -0.39 is 11.7 Å². The predicted octanol–water partition coefficient (Wildman–Crippen LogP) is 4.42. The number of rotatable bonds is 4. The number of amides is 1. The lowest BCUT2D eigenvalue weighted by Crippen LogP contribution is -2.23. The fourth-order valence-corrected chi connectivity index (χ4v) is 2.85. The monoisotopic (exact) mass is 368 g/mol. The number of Topliss-reactive ketones (excluding diaryl/α,β-unsaturated/α-hetero) is 1. The van der Waals surface area contributed by atoms with Gasteiger partial charge in [0.15, 0.2) is 0 Å². The summed E-state index contributed by atoms with van der Waals surface area (Å²) in [7, 11) is 0. The molecule has 5 nitrogen and oxygen atoms in total. The lowest BCUT2D eigenvalue weighted by molar-refractivity contribution is -0.114. The predicted molar refractivity (Wildman–Crippen MR) is 110 cm³/mol. The Bertz CT molecular complexity index is 912. The largest absolute Gasteiger partial charge is 0.508 e. The van der Waals surface area contributed by atoms with Crippen molar-refractivity contribution in [2.24, 2.45) is 5.73 Å². The summed E-state index contributed by atoms with van der Waals surface area (Å²) in [5.41, 5.74) is 7.91. The van der Waals surface area contributed by atoms with Gasteiger partial charge in [-0.05, 0) is 30.7 Å². The lowest BCUT2D eigenvalue weighted by atomic mass is 10.1. The van der Waals surface area contributed by atoms with Gasteiger partial charge in [0.2, 0.25) is 0 Å². The molecule has 0 spiro atoms. The average Bonchev–Trinajstić information content (AvgIpc) is 2.96. The first kappa shape index (κ1) is 22.0. The molecule has 0 bridgehead atoms. The molecule has 0 fully saturated rings. The van der Waals surface area contributed by atoms with Crippen molar-refractivity contribution >= 4 is 22.6 Å². The third-order valence-electron chi connectivity index (χ3n) is 3.94. The number of phenolic OH excluding ortho intramolecular Hbond substituents is 1. The first-order valence-electron chi connectivity index (χ1n) is 9.19. The van der Waals surface area contributed by atoms with Gasteiger partial charge < -0.3 is 15.4 Å². The molecule has 0 atom stereocenters. The van der Waals surface area contributed by atoms with Crippen molar-refractivity contribution in [1.29, 1.82) is 0 Å². The molecule has 3 N–H and O–H groups in total. The van der Waals surface area contributed by atoms with Crippen LogP contribution in [0.4, 0.5) is 0 Å². The van der Waals surface area contributed by atoms with Crippen molar-refractivity contribution in [3.63, 3.8) is 0 Å². The van der Waals surface area contributed by atoms with Crippen LogP contribution < -0.4 is 5.73 Å². The Morgan fingerprint density at radius 1 is 1.00 bits per heavy atom. The summed E-state index contributed by atoms with van der Waals surface area (Å²) < 4.78 is 1.94. The number of aromatic nitrogens is 1. The molecular weight excluding hydrogens is 340 g/mol. The topological polar surface area (TPSA) is 85.3 Å². The lowest BCUT2D eigenvalue weighted by Gasteiger charge is -2.08. The standard InChI is InChI=1S/C18H16N2O3.2C2H6/c1-11-16(17(22)18(19)23)14-9-13(21)7-8-15(14)20(11)10-12-5-3-2-4-6-12;2*1-2/h2-9,21H,10H2,1H3,(H2,19,23);2*1-2H3. The van der Waals surface area contributed by atoms with Crippen LogP contribution in [0.3, 0.4) is 0 Å². The molecule has 1 heterocycles. The highest BCUT2D eigenvalue weighted by Crippen LogP contribution is 2.30. The van der Waals surface area contributed by atoms with Crippen molar-refractivity contribution in [3.8, 4) is 5.75 Å². The van der Waals surface area contributed by atoms with Gasteiger partial charge in [-0.3, -0.25) is 9.59 Å². The molecule has 3 rings (SSSR count). The van der Waals surface area contributed by atoms with Gasteiger partial charge in [-0.1, -0.05) is 58.0 Å². The van der Waals surface area contributed by atoms with E-state index in [9.17, 15) is 14.7 Å². The Morgan fingerprint density at radius 2 is 1.59 bits per heavy atom. The van der Waals surface area contributed by atoms with Crippen molar-refractivity contribution in [2.75, 3.05) is 0 Å². The molecule has 0 radical (unpaired) electrons. The van der Waals surface area contributed by atoms with E-state index in [1.165, 1.54) is 6.07 Å².